The van der Waals surface area contributed by atoms with E-state index < -0.39 is 0 Å². The van der Waals surface area contributed by atoms with Gasteiger partial charge in [0.05, 0.1) is 25.3 Å². The number of halogens is 1. The lowest BCUT2D eigenvalue weighted by atomic mass is 10.3. The topological polar surface area (TPSA) is 76.5 Å². The standard InChI is InChI=1S/C16H14ClN5O2/c1-23-13-7-11-12(8-14(13)24-2)22-16(19-11)20-15(21-22)18-10-5-3-4-9(17)6-10/h3-8H,1-2H3,(H2,18,19,20,21). The second kappa shape index (κ2) is 5.61. The third-order valence-electron chi connectivity index (χ3n) is 3.66. The molecule has 0 aliphatic rings. The first-order valence-corrected chi connectivity index (χ1v) is 7.58. The van der Waals surface area contributed by atoms with Crippen molar-refractivity contribution in [2.45, 2.75) is 0 Å². The van der Waals surface area contributed by atoms with Crippen molar-refractivity contribution in [3.8, 4) is 11.5 Å². The number of H-pyrrole nitrogens is 1. The van der Waals surface area contributed by atoms with E-state index in [9.17, 15) is 0 Å². The fourth-order valence-electron chi connectivity index (χ4n) is 2.57. The van der Waals surface area contributed by atoms with Crippen molar-refractivity contribution < 1.29 is 9.47 Å². The van der Waals surface area contributed by atoms with Crippen LogP contribution in [-0.2, 0) is 0 Å². The van der Waals surface area contributed by atoms with Gasteiger partial charge in [0.2, 0.25) is 5.95 Å². The Morgan fingerprint density at radius 1 is 1.08 bits per heavy atom. The third-order valence-corrected chi connectivity index (χ3v) is 3.89. The van der Waals surface area contributed by atoms with Gasteiger partial charge in [-0.1, -0.05) is 17.7 Å². The summed E-state index contributed by atoms with van der Waals surface area (Å²) < 4.78 is 12.4. The van der Waals surface area contributed by atoms with Crippen LogP contribution >= 0.6 is 11.6 Å². The monoisotopic (exact) mass is 343 g/mol. The average molecular weight is 344 g/mol. The number of imidazole rings is 1. The quantitative estimate of drug-likeness (QED) is 0.591. The van der Waals surface area contributed by atoms with E-state index in [1.807, 2.05) is 36.4 Å². The Labute approximate surface area is 142 Å². The molecule has 2 N–H and O–H groups in total. The van der Waals surface area contributed by atoms with Crippen molar-refractivity contribution in [1.29, 1.82) is 0 Å². The zero-order chi connectivity index (χ0) is 16.7. The van der Waals surface area contributed by atoms with Crippen LogP contribution in [0.2, 0.25) is 5.02 Å². The fraction of sp³-hybridized carbons (Fsp3) is 0.125. The zero-order valence-electron chi connectivity index (χ0n) is 13.0. The second-order valence-electron chi connectivity index (χ2n) is 5.15. The summed E-state index contributed by atoms with van der Waals surface area (Å²) in [4.78, 5) is 8.94. The number of nitrogens with zero attached hydrogens (tertiary/aromatic N) is 3. The van der Waals surface area contributed by atoms with Crippen molar-refractivity contribution in [1.82, 2.24) is 19.6 Å². The summed E-state index contributed by atoms with van der Waals surface area (Å²) in [6.07, 6.45) is 0. The van der Waals surface area contributed by atoms with Crippen LogP contribution in [0.3, 0.4) is 0 Å². The molecule has 0 unspecified atom stereocenters. The number of hydrogen-bond donors (Lipinski definition) is 2. The molecule has 24 heavy (non-hydrogen) atoms. The second-order valence-corrected chi connectivity index (χ2v) is 5.59. The molecule has 7 nitrogen and oxygen atoms in total. The van der Waals surface area contributed by atoms with Crippen LogP contribution in [0.15, 0.2) is 36.4 Å². The predicted molar refractivity (Wildman–Crippen MR) is 92.7 cm³/mol. The van der Waals surface area contributed by atoms with Gasteiger partial charge in [0.1, 0.15) is 0 Å². The molecule has 2 aromatic heterocycles. The van der Waals surface area contributed by atoms with Crippen molar-refractivity contribution >= 4 is 40.0 Å². The van der Waals surface area contributed by atoms with E-state index in [1.165, 1.54) is 0 Å². The highest BCUT2D eigenvalue weighted by Gasteiger charge is 2.14. The van der Waals surface area contributed by atoms with Crippen molar-refractivity contribution in [3.05, 3.63) is 41.4 Å². The summed E-state index contributed by atoms with van der Waals surface area (Å²) in [6, 6.07) is 11.1. The number of ether oxygens (including phenoxy) is 2. The number of anilines is 2. The van der Waals surface area contributed by atoms with Gasteiger partial charge in [0.25, 0.3) is 5.78 Å². The normalized spacial score (nSPS) is 11.1. The Balaban J connectivity index is 1.78. The molecule has 8 heteroatoms. The van der Waals surface area contributed by atoms with E-state index in [0.29, 0.717) is 28.2 Å². The minimum absolute atomic E-state index is 0.546. The van der Waals surface area contributed by atoms with Gasteiger partial charge in [-0.3, -0.25) is 5.10 Å². The maximum atomic E-state index is 5.99. The number of aromatic amines is 1. The van der Waals surface area contributed by atoms with Crippen LogP contribution in [0, 0.1) is 0 Å². The van der Waals surface area contributed by atoms with Gasteiger partial charge < -0.3 is 14.8 Å². The zero-order valence-corrected chi connectivity index (χ0v) is 13.8. The lowest BCUT2D eigenvalue weighted by Gasteiger charge is -2.06. The molecular weight excluding hydrogens is 330 g/mol. The average Bonchev–Trinajstić information content (AvgIpc) is 3.10. The van der Waals surface area contributed by atoms with Crippen LogP contribution < -0.4 is 14.8 Å². The maximum Gasteiger partial charge on any atom is 0.253 e. The summed E-state index contributed by atoms with van der Waals surface area (Å²) in [5.74, 6) is 2.37. The van der Waals surface area contributed by atoms with E-state index >= 15 is 0 Å². The highest BCUT2D eigenvalue weighted by molar-refractivity contribution is 6.30. The molecule has 0 fully saturated rings. The molecule has 0 bridgehead atoms. The van der Waals surface area contributed by atoms with Crippen LogP contribution in [-0.4, -0.2) is 33.8 Å². The Kier molecular flexibility index (Phi) is 3.42. The maximum absolute atomic E-state index is 5.99. The summed E-state index contributed by atoms with van der Waals surface area (Å²) in [7, 11) is 3.19. The first-order valence-electron chi connectivity index (χ1n) is 7.21. The molecule has 0 atom stereocenters. The molecular formula is C16H14ClN5O2. The third kappa shape index (κ3) is 2.39. The van der Waals surface area contributed by atoms with Gasteiger partial charge in [-0.15, -0.1) is 0 Å². The van der Waals surface area contributed by atoms with E-state index in [4.69, 9.17) is 21.1 Å². The molecule has 0 spiro atoms. The molecule has 122 valence electrons. The molecule has 4 aromatic rings. The van der Waals surface area contributed by atoms with Crippen LogP contribution in [0.5, 0.6) is 11.5 Å². The number of nitrogens with one attached hydrogen (secondary N) is 2. The Morgan fingerprint density at radius 2 is 1.88 bits per heavy atom. The molecule has 0 radical (unpaired) electrons. The Hall–Kier alpha value is -2.93. The molecule has 0 saturated carbocycles. The number of benzene rings is 2. The SMILES string of the molecule is COc1cc2nc3nc(Nc4cccc(Cl)c4)[nH]n3c2cc1OC. The molecule has 4 rings (SSSR count). The highest BCUT2D eigenvalue weighted by Crippen LogP contribution is 2.32. The number of fused-ring (bicyclic) bond motifs is 3. The van der Waals surface area contributed by atoms with Gasteiger partial charge in [0, 0.05) is 22.8 Å². The Morgan fingerprint density at radius 3 is 2.62 bits per heavy atom. The highest BCUT2D eigenvalue weighted by atomic mass is 35.5. The summed E-state index contributed by atoms with van der Waals surface area (Å²) in [5.41, 5.74) is 2.44. The number of rotatable bonds is 4. The van der Waals surface area contributed by atoms with E-state index in [0.717, 1.165) is 16.7 Å². The van der Waals surface area contributed by atoms with Gasteiger partial charge >= 0.3 is 0 Å². The minimum atomic E-state index is 0.546. The lowest BCUT2D eigenvalue weighted by molar-refractivity contribution is 0.355. The fourth-order valence-corrected chi connectivity index (χ4v) is 2.76. The van der Waals surface area contributed by atoms with E-state index in [1.54, 1.807) is 18.7 Å². The van der Waals surface area contributed by atoms with Crippen LogP contribution in [0.25, 0.3) is 16.8 Å². The minimum Gasteiger partial charge on any atom is -0.493 e. The van der Waals surface area contributed by atoms with Gasteiger partial charge in [-0.05, 0) is 18.2 Å². The molecule has 0 amide bonds. The van der Waals surface area contributed by atoms with E-state index in [2.05, 4.69) is 20.4 Å². The largest absolute Gasteiger partial charge is 0.493 e. The molecule has 0 saturated heterocycles. The first kappa shape index (κ1) is 14.6. The van der Waals surface area contributed by atoms with Crippen LogP contribution in [0.4, 0.5) is 11.6 Å². The summed E-state index contributed by atoms with van der Waals surface area (Å²) >= 11 is 5.99. The first-order chi connectivity index (χ1) is 11.7. The summed E-state index contributed by atoms with van der Waals surface area (Å²) in [5, 5.41) is 6.99. The van der Waals surface area contributed by atoms with Gasteiger partial charge in [0.15, 0.2) is 11.5 Å². The van der Waals surface area contributed by atoms with Crippen LogP contribution in [0.1, 0.15) is 0 Å². The predicted octanol–water partition coefficient (Wildman–Crippen LogP) is 3.62. The number of methoxy groups -OCH3 is 2. The lowest BCUT2D eigenvalue weighted by Crippen LogP contribution is -1.94. The van der Waals surface area contributed by atoms with Gasteiger partial charge in [-0.2, -0.15) is 4.98 Å². The number of hydrogen-bond acceptors (Lipinski definition) is 5. The smallest absolute Gasteiger partial charge is 0.253 e. The van der Waals surface area contributed by atoms with Crippen molar-refractivity contribution in [2.75, 3.05) is 19.5 Å². The van der Waals surface area contributed by atoms with Crippen molar-refractivity contribution in [2.24, 2.45) is 0 Å². The van der Waals surface area contributed by atoms with Crippen molar-refractivity contribution in [3.63, 3.8) is 0 Å². The summed E-state index contributed by atoms with van der Waals surface area (Å²) in [6.45, 7) is 0. The van der Waals surface area contributed by atoms with Gasteiger partial charge in [-0.25, -0.2) is 9.50 Å². The van der Waals surface area contributed by atoms with E-state index in [-0.39, 0.29) is 0 Å². The molecule has 2 aromatic carbocycles. The molecule has 0 aliphatic heterocycles. The number of aromatic nitrogens is 4. The molecule has 0 aliphatic carbocycles. The molecule has 2 heterocycles. The Bertz CT molecular complexity index is 1040.